The summed E-state index contributed by atoms with van der Waals surface area (Å²) in [4.78, 5) is 11.8. The number of benzene rings is 1. The molecule has 0 spiro atoms. The second-order valence-electron chi connectivity index (χ2n) is 5.23. The Kier molecular flexibility index (Phi) is 9.02. The lowest BCUT2D eigenvalue weighted by molar-refractivity contribution is -0.121. The average molecular weight is 337 g/mol. The van der Waals surface area contributed by atoms with Gasteiger partial charge in [0, 0.05) is 25.7 Å². The maximum absolute atomic E-state index is 11.8. The maximum atomic E-state index is 11.8. The summed E-state index contributed by atoms with van der Waals surface area (Å²) in [5.41, 5.74) is 2.10. The number of hydrogen-bond acceptors (Lipinski definition) is 3. The van der Waals surface area contributed by atoms with Crippen molar-refractivity contribution in [3.05, 3.63) is 48.3 Å². The van der Waals surface area contributed by atoms with E-state index in [4.69, 9.17) is 0 Å². The van der Waals surface area contributed by atoms with Crippen molar-refractivity contribution in [2.24, 2.45) is 0 Å². The van der Waals surface area contributed by atoms with E-state index in [0.29, 0.717) is 19.4 Å². The average Bonchev–Trinajstić information content (AvgIpc) is 3.02. The van der Waals surface area contributed by atoms with Crippen LogP contribution in [-0.2, 0) is 11.2 Å². The third-order valence-electron chi connectivity index (χ3n) is 3.35. The minimum absolute atomic E-state index is 0. The molecule has 2 rings (SSSR count). The number of rotatable bonds is 9. The molecule has 0 atom stereocenters. The lowest BCUT2D eigenvalue weighted by Crippen LogP contribution is -2.32. The van der Waals surface area contributed by atoms with Crippen molar-refractivity contribution in [2.75, 3.05) is 19.6 Å². The first-order chi connectivity index (χ1) is 10.8. The SMILES string of the molecule is CCCNCCNC(=O)CCc1cnn(-c2ccccc2)c1.Cl. The summed E-state index contributed by atoms with van der Waals surface area (Å²) in [7, 11) is 0. The topological polar surface area (TPSA) is 58.9 Å². The number of aromatic nitrogens is 2. The Hall–Kier alpha value is -1.85. The molecule has 0 radical (unpaired) electrons. The van der Waals surface area contributed by atoms with Crippen molar-refractivity contribution in [1.82, 2.24) is 20.4 Å². The van der Waals surface area contributed by atoms with Gasteiger partial charge >= 0.3 is 0 Å². The van der Waals surface area contributed by atoms with Crippen molar-refractivity contribution in [3.8, 4) is 5.69 Å². The van der Waals surface area contributed by atoms with Crippen molar-refractivity contribution in [3.63, 3.8) is 0 Å². The van der Waals surface area contributed by atoms with Crippen LogP contribution < -0.4 is 10.6 Å². The number of halogens is 1. The number of carbonyl (C=O) groups is 1. The molecule has 0 saturated heterocycles. The van der Waals surface area contributed by atoms with Crippen LogP contribution in [0.2, 0.25) is 0 Å². The monoisotopic (exact) mass is 336 g/mol. The predicted octanol–water partition coefficient (Wildman–Crippen LogP) is 2.34. The fourth-order valence-corrected chi connectivity index (χ4v) is 2.15. The van der Waals surface area contributed by atoms with E-state index in [2.05, 4.69) is 22.7 Å². The maximum Gasteiger partial charge on any atom is 0.220 e. The van der Waals surface area contributed by atoms with E-state index in [-0.39, 0.29) is 18.3 Å². The zero-order chi connectivity index (χ0) is 15.6. The van der Waals surface area contributed by atoms with Crippen LogP contribution in [-0.4, -0.2) is 35.3 Å². The highest BCUT2D eigenvalue weighted by Gasteiger charge is 2.04. The number of hydrogen-bond donors (Lipinski definition) is 2. The first-order valence-corrected chi connectivity index (χ1v) is 7.86. The van der Waals surface area contributed by atoms with E-state index >= 15 is 0 Å². The molecule has 1 heterocycles. The lowest BCUT2D eigenvalue weighted by Gasteiger charge is -2.05. The summed E-state index contributed by atoms with van der Waals surface area (Å²) in [5, 5.41) is 10.5. The zero-order valence-electron chi connectivity index (χ0n) is 13.5. The van der Waals surface area contributed by atoms with Crippen LogP contribution in [0.5, 0.6) is 0 Å². The Labute approximate surface area is 143 Å². The fraction of sp³-hybridized carbons (Fsp3) is 0.412. The second kappa shape index (κ2) is 10.8. The molecule has 2 N–H and O–H groups in total. The molecule has 2 aromatic rings. The van der Waals surface area contributed by atoms with Gasteiger partial charge in [0.15, 0.2) is 0 Å². The summed E-state index contributed by atoms with van der Waals surface area (Å²) in [6.45, 7) is 4.63. The van der Waals surface area contributed by atoms with E-state index in [1.54, 1.807) is 0 Å². The van der Waals surface area contributed by atoms with Gasteiger partial charge in [-0.15, -0.1) is 12.4 Å². The second-order valence-corrected chi connectivity index (χ2v) is 5.23. The molecule has 0 aliphatic rings. The van der Waals surface area contributed by atoms with Crippen molar-refractivity contribution in [1.29, 1.82) is 0 Å². The van der Waals surface area contributed by atoms with Gasteiger partial charge in [-0.05, 0) is 37.1 Å². The number of aryl methyl sites for hydroxylation is 1. The molecule has 1 amide bonds. The van der Waals surface area contributed by atoms with E-state index in [9.17, 15) is 4.79 Å². The van der Waals surface area contributed by atoms with Crippen LogP contribution in [0.15, 0.2) is 42.7 Å². The molecular formula is C17H25ClN4O. The van der Waals surface area contributed by atoms with Crippen LogP contribution in [0.3, 0.4) is 0 Å². The van der Waals surface area contributed by atoms with Crippen LogP contribution in [0.1, 0.15) is 25.3 Å². The molecule has 0 fully saturated rings. The van der Waals surface area contributed by atoms with Crippen LogP contribution in [0.25, 0.3) is 5.69 Å². The van der Waals surface area contributed by atoms with Gasteiger partial charge in [-0.1, -0.05) is 25.1 Å². The van der Waals surface area contributed by atoms with Crippen molar-refractivity contribution >= 4 is 18.3 Å². The number of para-hydroxylation sites is 1. The summed E-state index contributed by atoms with van der Waals surface area (Å²) in [5.74, 6) is 0.0887. The number of nitrogens with one attached hydrogen (secondary N) is 2. The molecular weight excluding hydrogens is 312 g/mol. The third-order valence-corrected chi connectivity index (χ3v) is 3.35. The van der Waals surface area contributed by atoms with Crippen LogP contribution in [0, 0.1) is 0 Å². The Morgan fingerprint density at radius 1 is 1.17 bits per heavy atom. The molecule has 0 aliphatic carbocycles. The number of amides is 1. The fourth-order valence-electron chi connectivity index (χ4n) is 2.15. The predicted molar refractivity (Wildman–Crippen MR) is 95.3 cm³/mol. The van der Waals surface area contributed by atoms with Gasteiger partial charge in [-0.25, -0.2) is 4.68 Å². The Morgan fingerprint density at radius 3 is 2.70 bits per heavy atom. The largest absolute Gasteiger partial charge is 0.355 e. The summed E-state index contributed by atoms with van der Waals surface area (Å²) in [6, 6.07) is 9.96. The van der Waals surface area contributed by atoms with Gasteiger partial charge < -0.3 is 10.6 Å². The third kappa shape index (κ3) is 6.84. The van der Waals surface area contributed by atoms with Crippen LogP contribution in [0.4, 0.5) is 0 Å². The Balaban J connectivity index is 0.00000264. The van der Waals surface area contributed by atoms with Gasteiger partial charge in [0.25, 0.3) is 0 Å². The molecule has 0 bridgehead atoms. The smallest absolute Gasteiger partial charge is 0.220 e. The van der Waals surface area contributed by atoms with Gasteiger partial charge in [0.1, 0.15) is 0 Å². The standard InChI is InChI=1S/C17H24N4O.ClH/c1-2-10-18-11-12-19-17(22)9-8-15-13-20-21(14-15)16-6-4-3-5-7-16;/h3-7,13-14,18H,2,8-12H2,1H3,(H,19,22);1H. The number of nitrogens with zero attached hydrogens (tertiary/aromatic N) is 2. The molecule has 0 aliphatic heterocycles. The molecule has 1 aromatic heterocycles. The van der Waals surface area contributed by atoms with Crippen molar-refractivity contribution in [2.45, 2.75) is 26.2 Å². The normalized spacial score (nSPS) is 10.1. The van der Waals surface area contributed by atoms with Gasteiger partial charge in [0.05, 0.1) is 11.9 Å². The van der Waals surface area contributed by atoms with E-state index < -0.39 is 0 Å². The molecule has 6 heteroatoms. The highest BCUT2D eigenvalue weighted by atomic mass is 35.5. The Bertz CT molecular complexity index is 571. The minimum Gasteiger partial charge on any atom is -0.355 e. The summed E-state index contributed by atoms with van der Waals surface area (Å²) >= 11 is 0. The van der Waals surface area contributed by atoms with Gasteiger partial charge in [-0.2, -0.15) is 5.10 Å². The highest BCUT2D eigenvalue weighted by Crippen LogP contribution is 2.08. The number of carbonyl (C=O) groups excluding carboxylic acids is 1. The lowest BCUT2D eigenvalue weighted by atomic mass is 10.2. The van der Waals surface area contributed by atoms with E-state index in [1.807, 2.05) is 47.4 Å². The molecule has 0 saturated carbocycles. The molecule has 126 valence electrons. The van der Waals surface area contributed by atoms with E-state index in [1.165, 1.54) is 0 Å². The minimum atomic E-state index is 0. The summed E-state index contributed by atoms with van der Waals surface area (Å²) in [6.07, 6.45) is 6.11. The molecule has 23 heavy (non-hydrogen) atoms. The quantitative estimate of drug-likeness (QED) is 0.691. The molecule has 5 nitrogen and oxygen atoms in total. The van der Waals surface area contributed by atoms with Gasteiger partial charge in [0.2, 0.25) is 5.91 Å². The van der Waals surface area contributed by atoms with Crippen LogP contribution >= 0.6 is 12.4 Å². The summed E-state index contributed by atoms with van der Waals surface area (Å²) < 4.78 is 1.84. The molecule has 1 aromatic carbocycles. The first-order valence-electron chi connectivity index (χ1n) is 7.86. The van der Waals surface area contributed by atoms with E-state index in [0.717, 1.165) is 30.8 Å². The van der Waals surface area contributed by atoms with Gasteiger partial charge in [-0.3, -0.25) is 4.79 Å². The first kappa shape index (κ1) is 19.2. The highest BCUT2D eigenvalue weighted by molar-refractivity contribution is 5.85. The van der Waals surface area contributed by atoms with Crippen molar-refractivity contribution < 1.29 is 4.79 Å². The Morgan fingerprint density at radius 2 is 1.96 bits per heavy atom. The molecule has 0 unspecified atom stereocenters. The zero-order valence-corrected chi connectivity index (χ0v) is 14.3.